The maximum Gasteiger partial charge on any atom is 0.237 e. The minimum atomic E-state index is -0.284. The van der Waals surface area contributed by atoms with Crippen LogP contribution in [0.5, 0.6) is 0 Å². The van der Waals surface area contributed by atoms with Crippen molar-refractivity contribution < 1.29 is 9.21 Å². The maximum absolute atomic E-state index is 12.5. The molecule has 0 fully saturated rings. The summed E-state index contributed by atoms with van der Waals surface area (Å²) in [6.45, 7) is 8.91. The number of hydrogen-bond donors (Lipinski definition) is 2. The number of carbonyl (C=O) groups excluding carboxylic acids is 1. The van der Waals surface area contributed by atoms with Crippen LogP contribution in [0.1, 0.15) is 39.0 Å². The largest absolute Gasteiger partial charge is 0.467 e. The molecule has 0 bridgehead atoms. The molecule has 8 heteroatoms. The molecule has 1 atom stereocenters. The van der Waals surface area contributed by atoms with Crippen LogP contribution in [0.15, 0.2) is 51.4 Å². The number of hydrogen-bond acceptors (Lipinski definition) is 7. The molecule has 2 heterocycles. The van der Waals surface area contributed by atoms with E-state index in [4.69, 9.17) is 4.42 Å². The van der Waals surface area contributed by atoms with Gasteiger partial charge in [0.2, 0.25) is 11.0 Å². The molecule has 2 N–H and O–H groups in total. The van der Waals surface area contributed by atoms with Crippen LogP contribution in [-0.2, 0) is 16.8 Å². The van der Waals surface area contributed by atoms with Crippen LogP contribution in [0.4, 0.5) is 10.8 Å². The van der Waals surface area contributed by atoms with Gasteiger partial charge in [0.25, 0.3) is 0 Å². The van der Waals surface area contributed by atoms with E-state index in [0.717, 1.165) is 15.8 Å². The Hall–Kier alpha value is -2.32. The number of furan rings is 1. The van der Waals surface area contributed by atoms with Crippen molar-refractivity contribution in [2.24, 2.45) is 0 Å². The summed E-state index contributed by atoms with van der Waals surface area (Å²) < 4.78 is 6.02. The molecule has 0 saturated carbocycles. The van der Waals surface area contributed by atoms with Crippen LogP contribution >= 0.6 is 23.1 Å². The van der Waals surface area contributed by atoms with Gasteiger partial charge in [-0.1, -0.05) is 56.0 Å². The Kier molecular flexibility index (Phi) is 6.41. The number of carbonyl (C=O) groups is 1. The molecule has 0 spiro atoms. The summed E-state index contributed by atoms with van der Waals surface area (Å²) in [4.78, 5) is 12.5. The highest BCUT2D eigenvalue weighted by Crippen LogP contribution is 2.30. The van der Waals surface area contributed by atoms with Gasteiger partial charge >= 0.3 is 0 Å². The third kappa shape index (κ3) is 5.59. The first-order valence-corrected chi connectivity index (χ1v) is 10.7. The first-order chi connectivity index (χ1) is 13.3. The van der Waals surface area contributed by atoms with E-state index in [1.165, 1.54) is 28.7 Å². The number of nitrogens with zero attached hydrogens (tertiary/aromatic N) is 2. The number of anilines is 2. The van der Waals surface area contributed by atoms with E-state index in [2.05, 4.69) is 53.7 Å². The SMILES string of the molecule is C[C@H](Sc1nnc(NCc2ccco2)s1)C(=O)Nc1ccc(C(C)(C)C)cc1. The fourth-order valence-corrected chi connectivity index (χ4v) is 4.30. The molecule has 2 aromatic heterocycles. The normalized spacial score (nSPS) is 12.6. The quantitative estimate of drug-likeness (QED) is 0.518. The van der Waals surface area contributed by atoms with E-state index in [0.29, 0.717) is 11.7 Å². The lowest BCUT2D eigenvalue weighted by Crippen LogP contribution is -2.22. The number of rotatable bonds is 7. The lowest BCUT2D eigenvalue weighted by Gasteiger charge is -2.19. The van der Waals surface area contributed by atoms with E-state index in [1.807, 2.05) is 31.2 Å². The second-order valence-corrected chi connectivity index (χ2v) is 9.95. The Bertz CT molecular complexity index is 899. The highest BCUT2D eigenvalue weighted by atomic mass is 32.2. The zero-order valence-corrected chi connectivity index (χ0v) is 18.0. The van der Waals surface area contributed by atoms with Crippen molar-refractivity contribution >= 4 is 39.8 Å². The van der Waals surface area contributed by atoms with Crippen LogP contribution in [0.3, 0.4) is 0 Å². The Morgan fingerprint density at radius 1 is 1.21 bits per heavy atom. The Balaban J connectivity index is 1.51. The summed E-state index contributed by atoms with van der Waals surface area (Å²) in [6.07, 6.45) is 1.63. The second-order valence-electron chi connectivity index (χ2n) is 7.38. The zero-order valence-electron chi connectivity index (χ0n) is 16.4. The fraction of sp³-hybridized carbons (Fsp3) is 0.350. The van der Waals surface area contributed by atoms with E-state index >= 15 is 0 Å². The minimum Gasteiger partial charge on any atom is -0.467 e. The van der Waals surface area contributed by atoms with Crippen molar-refractivity contribution in [2.45, 2.75) is 49.2 Å². The lowest BCUT2D eigenvalue weighted by molar-refractivity contribution is -0.115. The number of nitrogens with one attached hydrogen (secondary N) is 2. The van der Waals surface area contributed by atoms with Crippen LogP contribution in [0.2, 0.25) is 0 Å². The Labute approximate surface area is 173 Å². The molecule has 1 aromatic carbocycles. The van der Waals surface area contributed by atoms with E-state index in [9.17, 15) is 4.79 Å². The predicted molar refractivity (Wildman–Crippen MR) is 115 cm³/mol. The monoisotopic (exact) mass is 416 g/mol. The van der Waals surface area contributed by atoms with Gasteiger partial charge in [0, 0.05) is 5.69 Å². The highest BCUT2D eigenvalue weighted by molar-refractivity contribution is 8.02. The molecule has 0 aliphatic heterocycles. The van der Waals surface area contributed by atoms with Crippen molar-refractivity contribution in [3.05, 3.63) is 54.0 Å². The van der Waals surface area contributed by atoms with Gasteiger partial charge in [0.1, 0.15) is 5.76 Å². The second kappa shape index (κ2) is 8.79. The van der Waals surface area contributed by atoms with Gasteiger partial charge in [0.05, 0.1) is 18.1 Å². The van der Waals surface area contributed by atoms with Crippen LogP contribution in [-0.4, -0.2) is 21.4 Å². The molecule has 0 radical (unpaired) electrons. The third-order valence-electron chi connectivity index (χ3n) is 4.07. The summed E-state index contributed by atoms with van der Waals surface area (Å²) in [7, 11) is 0. The molecule has 0 unspecified atom stereocenters. The standard InChI is InChI=1S/C20H24N4O2S2/c1-13(17(25)22-15-9-7-14(8-10-15)20(2,3)4)27-19-24-23-18(28-19)21-12-16-6-5-11-26-16/h5-11,13H,12H2,1-4H3,(H,21,23)(H,22,25)/t13-/m0/s1. The average Bonchev–Trinajstić information content (AvgIpc) is 3.31. The summed E-state index contributed by atoms with van der Waals surface area (Å²) in [5.74, 6) is 0.767. The van der Waals surface area contributed by atoms with Crippen molar-refractivity contribution in [3.63, 3.8) is 0 Å². The summed E-state index contributed by atoms with van der Waals surface area (Å²) in [5, 5.41) is 14.8. The van der Waals surface area contributed by atoms with Crippen molar-refractivity contribution in [2.75, 3.05) is 10.6 Å². The molecule has 3 aromatic rings. The van der Waals surface area contributed by atoms with Gasteiger partial charge in [-0.25, -0.2) is 0 Å². The lowest BCUT2D eigenvalue weighted by atomic mass is 9.87. The van der Waals surface area contributed by atoms with Crippen LogP contribution < -0.4 is 10.6 Å². The molecule has 0 aliphatic rings. The predicted octanol–water partition coefficient (Wildman–Crippen LogP) is 5.16. The molecule has 148 valence electrons. The number of thioether (sulfide) groups is 1. The van der Waals surface area contributed by atoms with E-state index < -0.39 is 0 Å². The van der Waals surface area contributed by atoms with Gasteiger partial charge in [-0.05, 0) is 42.2 Å². The molecule has 6 nitrogen and oxygen atoms in total. The minimum absolute atomic E-state index is 0.0613. The third-order valence-corrected chi connectivity index (χ3v) is 6.13. The fourth-order valence-electron chi connectivity index (χ4n) is 2.41. The van der Waals surface area contributed by atoms with Crippen molar-refractivity contribution in [1.82, 2.24) is 10.2 Å². The first kappa shape index (κ1) is 20.4. The van der Waals surface area contributed by atoms with Gasteiger partial charge < -0.3 is 15.1 Å². The van der Waals surface area contributed by atoms with Gasteiger partial charge in [-0.15, -0.1) is 10.2 Å². The molecule has 0 saturated heterocycles. The number of benzene rings is 1. The Morgan fingerprint density at radius 3 is 2.61 bits per heavy atom. The maximum atomic E-state index is 12.5. The van der Waals surface area contributed by atoms with Gasteiger partial charge in [-0.3, -0.25) is 4.79 Å². The first-order valence-electron chi connectivity index (χ1n) is 8.99. The summed E-state index contributed by atoms with van der Waals surface area (Å²) >= 11 is 2.81. The molecule has 0 aliphatic carbocycles. The van der Waals surface area contributed by atoms with Gasteiger partial charge in [0.15, 0.2) is 4.34 Å². The van der Waals surface area contributed by atoms with E-state index in [1.54, 1.807) is 6.26 Å². The molecule has 1 amide bonds. The average molecular weight is 417 g/mol. The molecule has 3 rings (SSSR count). The van der Waals surface area contributed by atoms with Gasteiger partial charge in [-0.2, -0.15) is 0 Å². The van der Waals surface area contributed by atoms with Crippen LogP contribution in [0.25, 0.3) is 0 Å². The van der Waals surface area contributed by atoms with Crippen LogP contribution in [0, 0.1) is 0 Å². The van der Waals surface area contributed by atoms with E-state index in [-0.39, 0.29) is 16.6 Å². The zero-order chi connectivity index (χ0) is 20.1. The molecule has 28 heavy (non-hydrogen) atoms. The van der Waals surface area contributed by atoms with Crippen molar-refractivity contribution in [1.29, 1.82) is 0 Å². The highest BCUT2D eigenvalue weighted by Gasteiger charge is 2.18. The molecular formula is C20H24N4O2S2. The summed E-state index contributed by atoms with van der Waals surface area (Å²) in [5.41, 5.74) is 2.12. The van der Waals surface area contributed by atoms with Crippen molar-refractivity contribution in [3.8, 4) is 0 Å². The Morgan fingerprint density at radius 2 is 1.96 bits per heavy atom. The smallest absolute Gasteiger partial charge is 0.237 e. The number of amides is 1. The number of aromatic nitrogens is 2. The topological polar surface area (TPSA) is 80.1 Å². The summed E-state index contributed by atoms with van der Waals surface area (Å²) in [6, 6.07) is 11.7. The molecular weight excluding hydrogens is 392 g/mol.